The highest BCUT2D eigenvalue weighted by Crippen LogP contribution is 2.31. The molecule has 2 aliphatic heterocycles. The van der Waals surface area contributed by atoms with E-state index in [-0.39, 0.29) is 11.8 Å². The molecule has 3 aromatic heterocycles. The summed E-state index contributed by atoms with van der Waals surface area (Å²) in [7, 11) is -0.393. The van der Waals surface area contributed by atoms with Crippen molar-refractivity contribution < 1.29 is 13.7 Å². The van der Waals surface area contributed by atoms with Crippen LogP contribution >= 0.6 is 0 Å². The number of aryl methyl sites for hydroxylation is 2. The molecule has 0 spiro atoms. The minimum atomic E-state index is -2.23. The number of anilines is 1. The molecule has 0 unspecified atom stereocenters. The Morgan fingerprint density at radius 1 is 1.10 bits per heavy atom. The van der Waals surface area contributed by atoms with Crippen LogP contribution in [0, 0.1) is 12.8 Å². The van der Waals surface area contributed by atoms with Gasteiger partial charge in [-0.2, -0.15) is 9.46 Å². The summed E-state index contributed by atoms with van der Waals surface area (Å²) in [5.41, 5.74) is 4.90. The number of rotatable bonds is 1. The van der Waals surface area contributed by atoms with E-state index in [0.29, 0.717) is 59.1 Å². The van der Waals surface area contributed by atoms with Gasteiger partial charge in [-0.3, -0.25) is 15.1 Å². The Bertz CT molecular complexity index is 1700. The van der Waals surface area contributed by atoms with E-state index in [0.717, 1.165) is 48.7 Å². The lowest BCUT2D eigenvalue weighted by molar-refractivity contribution is 0.102. The highest BCUT2D eigenvalue weighted by Gasteiger charge is 2.21. The number of carbonyl (C=O) groups excluding carboxylic acids is 1. The fourth-order valence-electron chi connectivity index (χ4n) is 5.55. The fraction of sp³-hybridized carbons (Fsp3) is 0.448. The summed E-state index contributed by atoms with van der Waals surface area (Å²) in [5, 5.41) is 7.43. The fourth-order valence-corrected chi connectivity index (χ4v) is 7.75. The van der Waals surface area contributed by atoms with Crippen molar-refractivity contribution in [3.8, 4) is 17.1 Å². The van der Waals surface area contributed by atoms with Gasteiger partial charge in [0.05, 0.1) is 50.5 Å². The molecule has 210 valence electrons. The lowest BCUT2D eigenvalue weighted by Crippen LogP contribution is -2.18. The number of fused-ring (bicyclic) bond motifs is 7. The molecule has 1 fully saturated rings. The number of nitrogens with one attached hydrogen (secondary N) is 1. The number of carbonyl (C=O) groups is 1. The standard InChI is InChI=1S/C29H35N7O3S/c1-19-8-7-11-39-28-23(17-30-35(28)3)25-15-21(14-20(2)31-25)27(37)33-29-32-24-10-9-22(16-26(24)36(29)18-19)34-40(38)12-5-4-6-13-40/h9-10,14-17,19H,4-8,11-13,18H2,1-3H3,(H,32,33,37)/t19-/m1/s1. The number of amides is 1. The molecule has 1 N–H and O–H groups in total. The van der Waals surface area contributed by atoms with Crippen LogP contribution in [0.3, 0.4) is 0 Å². The molecule has 2 aliphatic rings. The zero-order chi connectivity index (χ0) is 27.9. The van der Waals surface area contributed by atoms with Gasteiger partial charge in [0, 0.05) is 36.4 Å². The lowest BCUT2D eigenvalue weighted by Gasteiger charge is -2.17. The molecule has 5 heterocycles. The molecule has 0 saturated carbocycles. The van der Waals surface area contributed by atoms with Crippen molar-refractivity contribution in [2.75, 3.05) is 23.4 Å². The van der Waals surface area contributed by atoms with Crippen LogP contribution in [0.1, 0.15) is 55.1 Å². The van der Waals surface area contributed by atoms with Crippen molar-refractivity contribution in [1.82, 2.24) is 24.3 Å². The maximum Gasteiger partial charge on any atom is 0.258 e. The zero-order valence-corrected chi connectivity index (χ0v) is 24.0. The monoisotopic (exact) mass is 561 g/mol. The average Bonchev–Trinajstić information content (AvgIpc) is 3.45. The molecule has 1 aromatic carbocycles. The van der Waals surface area contributed by atoms with Crippen molar-refractivity contribution in [3.05, 3.63) is 47.8 Å². The number of pyridine rings is 1. The Morgan fingerprint density at radius 3 is 2.75 bits per heavy atom. The quantitative estimate of drug-likeness (QED) is 0.329. The Labute approximate surface area is 234 Å². The van der Waals surface area contributed by atoms with Crippen LogP contribution in [0.25, 0.3) is 22.3 Å². The summed E-state index contributed by atoms with van der Waals surface area (Å²) >= 11 is 0. The normalized spacial score (nSPS) is 19.5. The molecular formula is C29H35N7O3S. The van der Waals surface area contributed by atoms with Gasteiger partial charge >= 0.3 is 0 Å². The predicted octanol–water partition coefficient (Wildman–Crippen LogP) is 5.48. The second-order valence-corrected chi connectivity index (χ2v) is 13.5. The Hall–Kier alpha value is -3.73. The Balaban J connectivity index is 1.43. The van der Waals surface area contributed by atoms with Gasteiger partial charge < -0.3 is 9.30 Å². The van der Waals surface area contributed by atoms with E-state index in [9.17, 15) is 9.00 Å². The van der Waals surface area contributed by atoms with Crippen molar-refractivity contribution in [3.63, 3.8) is 0 Å². The van der Waals surface area contributed by atoms with E-state index in [1.165, 1.54) is 0 Å². The highest BCUT2D eigenvalue weighted by atomic mass is 32.2. The van der Waals surface area contributed by atoms with Gasteiger partial charge in [-0.25, -0.2) is 13.9 Å². The van der Waals surface area contributed by atoms with Gasteiger partial charge in [-0.05, 0) is 68.9 Å². The van der Waals surface area contributed by atoms with Gasteiger partial charge in [0.25, 0.3) is 5.91 Å². The van der Waals surface area contributed by atoms with Gasteiger partial charge in [-0.15, -0.1) is 0 Å². The first kappa shape index (κ1) is 26.5. The van der Waals surface area contributed by atoms with Gasteiger partial charge in [-0.1, -0.05) is 13.3 Å². The molecule has 6 rings (SSSR count). The largest absolute Gasteiger partial charge is 0.477 e. The van der Waals surface area contributed by atoms with Crippen molar-refractivity contribution in [2.45, 2.75) is 52.5 Å². The van der Waals surface area contributed by atoms with E-state index in [1.807, 2.05) is 32.2 Å². The maximum atomic E-state index is 13.6. The Morgan fingerprint density at radius 2 is 1.93 bits per heavy atom. The summed E-state index contributed by atoms with van der Waals surface area (Å²) < 4.78 is 27.9. The average molecular weight is 562 g/mol. The number of ether oxygens (including phenoxy) is 1. The number of aromatic nitrogens is 5. The van der Waals surface area contributed by atoms with E-state index >= 15 is 0 Å². The number of benzene rings is 1. The molecule has 1 saturated heterocycles. The van der Waals surface area contributed by atoms with E-state index in [4.69, 9.17) is 14.1 Å². The van der Waals surface area contributed by atoms with Gasteiger partial charge in [0.1, 0.15) is 0 Å². The van der Waals surface area contributed by atoms with Crippen LogP contribution in [-0.4, -0.2) is 52.5 Å². The number of hydrogen-bond acceptors (Lipinski definition) is 7. The first-order valence-corrected chi connectivity index (χ1v) is 15.8. The highest BCUT2D eigenvalue weighted by molar-refractivity contribution is 7.93. The number of imidazole rings is 1. The minimum absolute atomic E-state index is 0.271. The van der Waals surface area contributed by atoms with Crippen LogP contribution in [0.15, 0.2) is 40.9 Å². The summed E-state index contributed by atoms with van der Waals surface area (Å²) in [6, 6.07) is 9.27. The minimum Gasteiger partial charge on any atom is -0.477 e. The summed E-state index contributed by atoms with van der Waals surface area (Å²) in [5.74, 6) is 2.43. The molecule has 0 radical (unpaired) electrons. The first-order chi connectivity index (χ1) is 19.3. The van der Waals surface area contributed by atoms with E-state index < -0.39 is 9.73 Å². The molecule has 4 aromatic rings. The second kappa shape index (κ2) is 10.7. The summed E-state index contributed by atoms with van der Waals surface area (Å²) in [6.45, 7) is 5.25. The third-order valence-corrected chi connectivity index (χ3v) is 10.0. The number of hydrogen-bond donors (Lipinski definition) is 1. The molecular weight excluding hydrogens is 526 g/mol. The molecule has 40 heavy (non-hydrogen) atoms. The van der Waals surface area contributed by atoms with Crippen molar-refractivity contribution >= 4 is 38.3 Å². The van der Waals surface area contributed by atoms with Crippen LogP contribution in [0.2, 0.25) is 0 Å². The first-order valence-electron chi connectivity index (χ1n) is 14.0. The lowest BCUT2D eigenvalue weighted by atomic mass is 10.1. The van der Waals surface area contributed by atoms with Crippen LogP contribution in [-0.2, 0) is 23.3 Å². The van der Waals surface area contributed by atoms with Gasteiger partial charge in [0.15, 0.2) is 0 Å². The second-order valence-electron chi connectivity index (χ2n) is 11.0. The van der Waals surface area contributed by atoms with Crippen LogP contribution < -0.4 is 10.1 Å². The SMILES string of the molecule is Cc1cc2cc(n1)-c1cnn(C)c1OCCC[C@@H](C)Cn1c(nc3ccc(N=S4(=O)CCCCC4)cc31)NC2=O. The van der Waals surface area contributed by atoms with Crippen LogP contribution in [0.4, 0.5) is 11.6 Å². The molecule has 1 amide bonds. The van der Waals surface area contributed by atoms with Crippen molar-refractivity contribution in [1.29, 1.82) is 0 Å². The molecule has 11 heteroatoms. The molecule has 0 aliphatic carbocycles. The molecule has 10 nitrogen and oxygen atoms in total. The molecule has 1 atom stereocenters. The smallest absolute Gasteiger partial charge is 0.258 e. The van der Waals surface area contributed by atoms with Gasteiger partial charge in [0.2, 0.25) is 11.8 Å². The zero-order valence-electron chi connectivity index (χ0n) is 23.2. The summed E-state index contributed by atoms with van der Waals surface area (Å²) in [4.78, 5) is 23.0. The molecule has 2 bridgehead atoms. The predicted molar refractivity (Wildman–Crippen MR) is 157 cm³/mol. The third kappa shape index (κ3) is 5.34. The topological polar surface area (TPSA) is 116 Å². The third-order valence-electron chi connectivity index (χ3n) is 7.61. The van der Waals surface area contributed by atoms with Crippen molar-refractivity contribution in [2.24, 2.45) is 17.3 Å². The Kier molecular flexibility index (Phi) is 7.07. The van der Waals surface area contributed by atoms with Crippen LogP contribution in [0.5, 0.6) is 5.88 Å². The van der Waals surface area contributed by atoms with E-state index in [2.05, 4.69) is 26.9 Å². The van der Waals surface area contributed by atoms with E-state index in [1.54, 1.807) is 23.0 Å². The number of nitrogens with zero attached hydrogens (tertiary/aromatic N) is 6. The summed E-state index contributed by atoms with van der Waals surface area (Å²) in [6.07, 6.45) is 6.53. The maximum absolute atomic E-state index is 13.6.